The fourth-order valence-corrected chi connectivity index (χ4v) is 4.11. The fourth-order valence-electron chi connectivity index (χ4n) is 3.03. The molecule has 0 unspecified atom stereocenters. The van der Waals surface area contributed by atoms with E-state index < -0.39 is 29.3 Å². The van der Waals surface area contributed by atoms with Crippen LogP contribution in [0.15, 0.2) is 60.7 Å². The van der Waals surface area contributed by atoms with Gasteiger partial charge in [-0.2, -0.15) is 0 Å². The third-order valence-electron chi connectivity index (χ3n) is 4.89. The second-order valence-electron chi connectivity index (χ2n) is 7.63. The second-order valence-corrected chi connectivity index (χ2v) is 8.87. The van der Waals surface area contributed by atoms with Crippen LogP contribution in [0.3, 0.4) is 0 Å². The third kappa shape index (κ3) is 10.3. The number of nitrogens with one attached hydrogen (secondary N) is 2. The summed E-state index contributed by atoms with van der Waals surface area (Å²) in [6.45, 7) is 3.74. The van der Waals surface area contributed by atoms with Gasteiger partial charge in [-0.3, -0.25) is 9.59 Å². The Labute approximate surface area is 204 Å². The van der Waals surface area contributed by atoms with Gasteiger partial charge in [0.25, 0.3) is 0 Å². The molecule has 0 bridgehead atoms. The first-order valence-electron chi connectivity index (χ1n) is 11.1. The van der Waals surface area contributed by atoms with Crippen LogP contribution in [0.5, 0.6) is 0 Å². The largest absolute Gasteiger partial charge is 0.480 e. The van der Waals surface area contributed by atoms with Crippen LogP contribution in [0, 0.1) is 0 Å². The summed E-state index contributed by atoms with van der Waals surface area (Å²) in [5.74, 6) is -1.03. The molecular weight excluding hydrogens is 456 g/mol. The molecule has 0 heterocycles. The number of amides is 1. The highest BCUT2D eigenvalue weighted by Gasteiger charge is 2.25. The average molecular weight is 489 g/mol. The molecule has 184 valence electrons. The lowest BCUT2D eigenvalue weighted by Crippen LogP contribution is -2.43. The number of ether oxygens (including phenoxy) is 2. The molecular formula is C25H32N2O6S. The molecule has 0 aromatic heterocycles. The number of esters is 1. The molecule has 0 radical (unpaired) electrons. The van der Waals surface area contributed by atoms with Crippen LogP contribution in [0.4, 0.5) is 4.79 Å². The van der Waals surface area contributed by atoms with Crippen LogP contribution < -0.4 is 10.6 Å². The molecule has 3 atom stereocenters. The highest BCUT2D eigenvalue weighted by molar-refractivity contribution is 8.00. The van der Waals surface area contributed by atoms with E-state index in [2.05, 4.69) is 10.6 Å². The zero-order valence-corrected chi connectivity index (χ0v) is 20.3. The van der Waals surface area contributed by atoms with Gasteiger partial charge >= 0.3 is 18.0 Å². The molecule has 0 spiro atoms. The van der Waals surface area contributed by atoms with Crippen LogP contribution in [-0.2, 0) is 32.1 Å². The monoisotopic (exact) mass is 488 g/mol. The highest BCUT2D eigenvalue weighted by atomic mass is 32.2. The minimum absolute atomic E-state index is 0.132. The maximum Gasteiger partial charge on any atom is 0.407 e. The van der Waals surface area contributed by atoms with Gasteiger partial charge in [0.2, 0.25) is 0 Å². The predicted octanol–water partition coefficient (Wildman–Crippen LogP) is 3.25. The number of benzene rings is 2. The van der Waals surface area contributed by atoms with Crippen molar-refractivity contribution in [2.24, 2.45) is 0 Å². The van der Waals surface area contributed by atoms with Gasteiger partial charge in [0.05, 0.1) is 6.61 Å². The van der Waals surface area contributed by atoms with Gasteiger partial charge in [-0.15, -0.1) is 11.8 Å². The van der Waals surface area contributed by atoms with E-state index in [-0.39, 0.29) is 25.8 Å². The Morgan fingerprint density at radius 2 is 1.59 bits per heavy atom. The van der Waals surface area contributed by atoms with Gasteiger partial charge in [0.15, 0.2) is 0 Å². The second kappa shape index (κ2) is 15.0. The van der Waals surface area contributed by atoms with Crippen molar-refractivity contribution in [2.45, 2.75) is 44.2 Å². The molecule has 34 heavy (non-hydrogen) atoms. The molecule has 2 aromatic rings. The van der Waals surface area contributed by atoms with E-state index in [1.165, 1.54) is 18.7 Å². The number of hydrogen-bond acceptors (Lipinski definition) is 7. The number of carboxylic acid groups (broad SMARTS) is 1. The molecule has 0 aliphatic heterocycles. The van der Waals surface area contributed by atoms with Crippen LogP contribution in [0.2, 0.25) is 0 Å². The van der Waals surface area contributed by atoms with E-state index in [4.69, 9.17) is 14.6 Å². The molecule has 2 rings (SSSR count). The summed E-state index contributed by atoms with van der Waals surface area (Å²) in [6, 6.07) is 18.0. The van der Waals surface area contributed by atoms with E-state index >= 15 is 0 Å². The average Bonchev–Trinajstić information content (AvgIpc) is 2.83. The van der Waals surface area contributed by atoms with E-state index in [0.717, 1.165) is 11.1 Å². The molecule has 3 N–H and O–H groups in total. The molecule has 0 saturated carbocycles. The number of carboxylic acids is 1. The maximum absolute atomic E-state index is 12.5. The van der Waals surface area contributed by atoms with Gasteiger partial charge in [0, 0.05) is 18.3 Å². The Bertz CT molecular complexity index is 897. The molecule has 0 aliphatic carbocycles. The van der Waals surface area contributed by atoms with E-state index in [1.54, 1.807) is 6.92 Å². The Hall–Kier alpha value is -3.04. The first kappa shape index (κ1) is 27.2. The SMILES string of the molecule is CCOC(=O)[C@@H](CN[C@@H](C)C(=O)O)SC[C@@H](Cc1ccccc1)NC(=O)OCc1ccccc1. The topological polar surface area (TPSA) is 114 Å². The number of rotatable bonds is 14. The van der Waals surface area contributed by atoms with Crippen molar-refractivity contribution in [1.82, 2.24) is 10.6 Å². The number of carbonyl (C=O) groups is 3. The Morgan fingerprint density at radius 1 is 0.971 bits per heavy atom. The lowest BCUT2D eigenvalue weighted by atomic mass is 10.1. The molecule has 9 heteroatoms. The van der Waals surface area contributed by atoms with E-state index in [1.807, 2.05) is 60.7 Å². The van der Waals surface area contributed by atoms with Crippen LogP contribution >= 0.6 is 11.8 Å². The zero-order valence-electron chi connectivity index (χ0n) is 19.4. The van der Waals surface area contributed by atoms with Crippen molar-refractivity contribution in [3.63, 3.8) is 0 Å². The van der Waals surface area contributed by atoms with Crippen molar-refractivity contribution in [2.75, 3.05) is 18.9 Å². The van der Waals surface area contributed by atoms with Gasteiger partial charge in [-0.05, 0) is 31.4 Å². The Kier molecular flexibility index (Phi) is 12.0. The van der Waals surface area contributed by atoms with E-state index in [0.29, 0.717) is 12.2 Å². The molecule has 8 nitrogen and oxygen atoms in total. The molecule has 0 fully saturated rings. The van der Waals surface area contributed by atoms with Crippen molar-refractivity contribution < 1.29 is 29.0 Å². The van der Waals surface area contributed by atoms with Gasteiger partial charge in [0.1, 0.15) is 17.9 Å². The summed E-state index contributed by atoms with van der Waals surface area (Å²) in [6.07, 6.45) is -0.00123. The van der Waals surface area contributed by atoms with E-state index in [9.17, 15) is 14.4 Å². The zero-order chi connectivity index (χ0) is 24.8. The maximum atomic E-state index is 12.5. The number of carbonyl (C=O) groups excluding carboxylic acids is 2. The molecule has 1 amide bonds. The molecule has 0 aliphatic rings. The normalized spacial score (nSPS) is 13.4. The van der Waals surface area contributed by atoms with Crippen LogP contribution in [-0.4, -0.2) is 59.4 Å². The fraction of sp³-hybridized carbons (Fsp3) is 0.400. The van der Waals surface area contributed by atoms with Crippen LogP contribution in [0.1, 0.15) is 25.0 Å². The quantitative estimate of drug-likeness (QED) is 0.347. The minimum atomic E-state index is -1.00. The molecule has 0 saturated heterocycles. The minimum Gasteiger partial charge on any atom is -0.480 e. The third-order valence-corrected chi connectivity index (χ3v) is 6.24. The number of hydrogen-bond donors (Lipinski definition) is 3. The molecule has 2 aromatic carbocycles. The first-order chi connectivity index (χ1) is 16.4. The number of aliphatic carboxylic acids is 1. The van der Waals surface area contributed by atoms with Crippen molar-refractivity contribution in [1.29, 1.82) is 0 Å². The summed E-state index contributed by atoms with van der Waals surface area (Å²) in [5, 5.41) is 14.2. The summed E-state index contributed by atoms with van der Waals surface area (Å²) in [5.41, 5.74) is 1.91. The Balaban J connectivity index is 2.01. The predicted molar refractivity (Wildman–Crippen MR) is 132 cm³/mol. The van der Waals surface area contributed by atoms with Crippen molar-refractivity contribution in [3.8, 4) is 0 Å². The van der Waals surface area contributed by atoms with Gasteiger partial charge < -0.3 is 25.2 Å². The van der Waals surface area contributed by atoms with Crippen LogP contribution in [0.25, 0.3) is 0 Å². The summed E-state index contributed by atoms with van der Waals surface area (Å²) in [4.78, 5) is 36.0. The highest BCUT2D eigenvalue weighted by Crippen LogP contribution is 2.17. The van der Waals surface area contributed by atoms with Gasteiger partial charge in [-0.1, -0.05) is 60.7 Å². The summed E-state index contributed by atoms with van der Waals surface area (Å²) < 4.78 is 10.5. The summed E-state index contributed by atoms with van der Waals surface area (Å²) in [7, 11) is 0. The van der Waals surface area contributed by atoms with Crippen molar-refractivity contribution in [3.05, 3.63) is 71.8 Å². The number of alkyl carbamates (subject to hydrolysis) is 1. The van der Waals surface area contributed by atoms with Gasteiger partial charge in [-0.25, -0.2) is 4.79 Å². The first-order valence-corrected chi connectivity index (χ1v) is 12.2. The van der Waals surface area contributed by atoms with Crippen molar-refractivity contribution >= 4 is 29.8 Å². The number of thioether (sulfide) groups is 1. The smallest absolute Gasteiger partial charge is 0.407 e. The summed E-state index contributed by atoms with van der Waals surface area (Å²) >= 11 is 1.31. The lowest BCUT2D eigenvalue weighted by Gasteiger charge is -2.22. The lowest BCUT2D eigenvalue weighted by molar-refractivity contribution is -0.143. The standard InChI is InChI=1S/C25H32N2O6S/c1-3-32-24(30)22(15-26-18(2)23(28)29)34-17-21(14-19-10-6-4-7-11-19)27-25(31)33-16-20-12-8-5-9-13-20/h4-13,18,21-22,26H,3,14-17H2,1-2H3,(H,27,31)(H,28,29)/t18-,21+,22+/m0/s1. The Morgan fingerprint density at radius 3 is 2.18 bits per heavy atom.